The predicted molar refractivity (Wildman–Crippen MR) is 92.9 cm³/mol. The van der Waals surface area contributed by atoms with Crippen molar-refractivity contribution in [1.82, 2.24) is 19.7 Å². The fourth-order valence-electron chi connectivity index (χ4n) is 2.82. The molecule has 0 radical (unpaired) electrons. The number of carbonyl (C=O) groups is 1. The minimum Gasteiger partial charge on any atom is -0.490 e. The molecule has 1 amide bonds. The molecule has 1 aliphatic rings. The predicted octanol–water partition coefficient (Wildman–Crippen LogP) is 2.36. The van der Waals surface area contributed by atoms with Gasteiger partial charge < -0.3 is 14.2 Å². The molecule has 1 atom stereocenters. The molecule has 0 bridgehead atoms. The number of rotatable bonds is 6. The smallest absolute Gasteiger partial charge is 0.233 e. The van der Waals surface area contributed by atoms with Gasteiger partial charge in [0.1, 0.15) is 6.33 Å². The van der Waals surface area contributed by atoms with Crippen LogP contribution in [0.3, 0.4) is 0 Å². The quantitative estimate of drug-likeness (QED) is 0.737. The minimum atomic E-state index is -0.355. The topological polar surface area (TPSA) is 60.2 Å². The van der Waals surface area contributed by atoms with Gasteiger partial charge in [-0.05, 0) is 25.0 Å². The molecule has 1 fully saturated rings. The van der Waals surface area contributed by atoms with Crippen LogP contribution in [0.5, 0.6) is 5.75 Å². The van der Waals surface area contributed by atoms with Crippen LogP contribution in [0.15, 0.2) is 35.7 Å². The summed E-state index contributed by atoms with van der Waals surface area (Å²) in [6, 6.07) is 6.39. The maximum atomic E-state index is 13.6. The third-order valence-corrected chi connectivity index (χ3v) is 5.20. The summed E-state index contributed by atoms with van der Waals surface area (Å²) in [4.78, 5) is 14.3. The normalized spacial score (nSPS) is 17.5. The van der Waals surface area contributed by atoms with E-state index in [1.165, 1.54) is 17.8 Å². The fraction of sp³-hybridized carbons (Fsp3) is 0.471. The zero-order valence-electron chi connectivity index (χ0n) is 14.1. The van der Waals surface area contributed by atoms with Crippen LogP contribution >= 0.6 is 11.8 Å². The van der Waals surface area contributed by atoms with Gasteiger partial charge in [-0.25, -0.2) is 4.39 Å². The zero-order chi connectivity index (χ0) is 17.6. The van der Waals surface area contributed by atoms with Crippen molar-refractivity contribution in [1.29, 1.82) is 0 Å². The van der Waals surface area contributed by atoms with Gasteiger partial charge in [0.15, 0.2) is 16.7 Å². The number of nitrogens with zero attached hydrogens (tertiary/aromatic N) is 4. The molecule has 0 aliphatic carbocycles. The van der Waals surface area contributed by atoms with Crippen molar-refractivity contribution in [3.8, 4) is 5.75 Å². The number of hydrogen-bond acceptors (Lipinski definition) is 5. The van der Waals surface area contributed by atoms with Gasteiger partial charge in [0.25, 0.3) is 0 Å². The average molecular weight is 364 g/mol. The van der Waals surface area contributed by atoms with Crippen LogP contribution in [0.1, 0.15) is 12.8 Å². The molecule has 1 aromatic carbocycles. The van der Waals surface area contributed by atoms with Crippen LogP contribution in [0.4, 0.5) is 4.39 Å². The lowest BCUT2D eigenvalue weighted by atomic mass is 9.99. The largest absolute Gasteiger partial charge is 0.490 e. The molecule has 0 N–H and O–H groups in total. The van der Waals surface area contributed by atoms with E-state index in [0.29, 0.717) is 18.9 Å². The van der Waals surface area contributed by atoms with Crippen molar-refractivity contribution in [3.63, 3.8) is 0 Å². The third kappa shape index (κ3) is 4.72. The van der Waals surface area contributed by atoms with Crippen molar-refractivity contribution in [2.75, 3.05) is 25.4 Å². The summed E-state index contributed by atoms with van der Waals surface area (Å²) in [5.41, 5.74) is 0. The zero-order valence-corrected chi connectivity index (χ0v) is 14.9. The van der Waals surface area contributed by atoms with E-state index < -0.39 is 0 Å². The standard InChI is InChI=1S/C17H21FN4O2S/c1-21-12-19-20-17(21)25-11-16(23)22-8-4-5-13(9-22)10-24-15-7-3-2-6-14(15)18/h2-3,6-7,12-13H,4-5,8-11H2,1H3. The first-order chi connectivity index (χ1) is 12.1. The van der Waals surface area contributed by atoms with Crippen LogP contribution in [0.25, 0.3) is 0 Å². The van der Waals surface area contributed by atoms with Crippen LogP contribution in [0.2, 0.25) is 0 Å². The Morgan fingerprint density at radius 3 is 3.04 bits per heavy atom. The Morgan fingerprint density at radius 1 is 1.44 bits per heavy atom. The number of hydrogen-bond donors (Lipinski definition) is 0. The maximum absolute atomic E-state index is 13.6. The SMILES string of the molecule is Cn1cnnc1SCC(=O)N1CCCC(COc2ccccc2F)C1. The molecule has 8 heteroatoms. The number of likely N-dealkylation sites (tertiary alicyclic amines) is 1. The molecular formula is C17H21FN4O2S. The highest BCUT2D eigenvalue weighted by molar-refractivity contribution is 7.99. The summed E-state index contributed by atoms with van der Waals surface area (Å²) in [6.07, 6.45) is 3.53. The number of amides is 1. The van der Waals surface area contributed by atoms with Gasteiger partial charge in [-0.3, -0.25) is 4.79 Å². The van der Waals surface area contributed by atoms with Crippen LogP contribution < -0.4 is 4.74 Å². The van der Waals surface area contributed by atoms with Gasteiger partial charge in [-0.1, -0.05) is 23.9 Å². The van der Waals surface area contributed by atoms with Gasteiger partial charge in [-0.2, -0.15) is 0 Å². The maximum Gasteiger partial charge on any atom is 0.233 e. The highest BCUT2D eigenvalue weighted by Gasteiger charge is 2.24. The van der Waals surface area contributed by atoms with E-state index in [1.54, 1.807) is 29.1 Å². The summed E-state index contributed by atoms with van der Waals surface area (Å²) in [5, 5.41) is 8.50. The first-order valence-corrected chi connectivity index (χ1v) is 9.24. The van der Waals surface area contributed by atoms with E-state index in [0.717, 1.165) is 24.5 Å². The van der Waals surface area contributed by atoms with Crippen LogP contribution in [-0.2, 0) is 11.8 Å². The number of benzene rings is 1. The minimum absolute atomic E-state index is 0.0867. The Bertz CT molecular complexity index is 724. The van der Waals surface area contributed by atoms with Crippen molar-refractivity contribution in [2.45, 2.75) is 18.0 Å². The Morgan fingerprint density at radius 2 is 2.28 bits per heavy atom. The first kappa shape index (κ1) is 17.7. The van der Waals surface area contributed by atoms with Gasteiger partial charge in [0, 0.05) is 26.1 Å². The first-order valence-electron chi connectivity index (χ1n) is 8.25. The highest BCUT2D eigenvalue weighted by atomic mass is 32.2. The molecule has 134 valence electrons. The van der Waals surface area contributed by atoms with E-state index in [9.17, 15) is 9.18 Å². The van der Waals surface area contributed by atoms with Crippen LogP contribution in [-0.4, -0.2) is 51.0 Å². The summed E-state index contributed by atoms with van der Waals surface area (Å²) >= 11 is 1.39. The summed E-state index contributed by atoms with van der Waals surface area (Å²) in [5.74, 6) is 0.559. The second-order valence-corrected chi connectivity index (χ2v) is 7.05. The number of para-hydroxylation sites is 1. The molecule has 1 unspecified atom stereocenters. The van der Waals surface area contributed by atoms with E-state index in [-0.39, 0.29) is 23.4 Å². The Balaban J connectivity index is 1.48. The summed E-state index contributed by atoms with van der Waals surface area (Å²) < 4.78 is 21.0. The molecule has 1 aliphatic heterocycles. The molecule has 25 heavy (non-hydrogen) atoms. The van der Waals surface area contributed by atoms with Gasteiger partial charge in [-0.15, -0.1) is 10.2 Å². The monoisotopic (exact) mass is 364 g/mol. The number of thioether (sulfide) groups is 1. The molecule has 0 saturated carbocycles. The Labute approximate surface area is 150 Å². The average Bonchev–Trinajstić information content (AvgIpc) is 3.04. The molecule has 2 heterocycles. The number of aryl methyl sites for hydroxylation is 1. The number of aromatic nitrogens is 3. The summed E-state index contributed by atoms with van der Waals surface area (Å²) in [7, 11) is 1.85. The molecular weight excluding hydrogens is 343 g/mol. The number of carbonyl (C=O) groups excluding carboxylic acids is 1. The lowest BCUT2D eigenvalue weighted by Crippen LogP contribution is -2.42. The van der Waals surface area contributed by atoms with Crippen molar-refractivity contribution in [2.24, 2.45) is 13.0 Å². The highest BCUT2D eigenvalue weighted by Crippen LogP contribution is 2.22. The van der Waals surface area contributed by atoms with Gasteiger partial charge in [0.2, 0.25) is 5.91 Å². The van der Waals surface area contributed by atoms with Crippen molar-refractivity contribution in [3.05, 3.63) is 36.4 Å². The summed E-state index contributed by atoms with van der Waals surface area (Å²) in [6.45, 7) is 1.82. The Kier molecular flexibility index (Phi) is 5.91. The van der Waals surface area contributed by atoms with E-state index in [2.05, 4.69) is 10.2 Å². The van der Waals surface area contributed by atoms with Crippen molar-refractivity contribution < 1.29 is 13.9 Å². The molecule has 3 rings (SSSR count). The fourth-order valence-corrected chi connectivity index (χ4v) is 3.61. The second-order valence-electron chi connectivity index (χ2n) is 6.10. The number of ether oxygens (including phenoxy) is 1. The van der Waals surface area contributed by atoms with E-state index in [4.69, 9.17) is 4.74 Å². The molecule has 6 nitrogen and oxygen atoms in total. The van der Waals surface area contributed by atoms with Crippen LogP contribution in [0, 0.1) is 11.7 Å². The van der Waals surface area contributed by atoms with E-state index in [1.807, 2.05) is 11.9 Å². The van der Waals surface area contributed by atoms with E-state index >= 15 is 0 Å². The number of piperidine rings is 1. The Hall–Kier alpha value is -2.09. The lowest BCUT2D eigenvalue weighted by molar-refractivity contribution is -0.130. The van der Waals surface area contributed by atoms with Crippen molar-refractivity contribution >= 4 is 17.7 Å². The molecule has 0 spiro atoms. The second kappa shape index (κ2) is 8.33. The lowest BCUT2D eigenvalue weighted by Gasteiger charge is -2.32. The van der Waals surface area contributed by atoms with Gasteiger partial charge in [0.05, 0.1) is 12.4 Å². The third-order valence-electron chi connectivity index (χ3n) is 4.18. The molecule has 1 saturated heterocycles. The molecule has 1 aromatic heterocycles. The number of halogens is 1. The molecule has 2 aromatic rings. The van der Waals surface area contributed by atoms with Gasteiger partial charge >= 0.3 is 0 Å².